The fourth-order valence-electron chi connectivity index (χ4n) is 2.99. The first-order chi connectivity index (χ1) is 14.0. The first-order valence-corrected chi connectivity index (χ1v) is 9.37. The topological polar surface area (TPSA) is 74.3 Å². The normalized spacial score (nSPS) is 12.8. The van der Waals surface area contributed by atoms with Gasteiger partial charge < -0.3 is 23.8 Å². The van der Waals surface area contributed by atoms with Gasteiger partial charge in [0.15, 0.2) is 18.1 Å². The molecule has 154 valence electrons. The van der Waals surface area contributed by atoms with Crippen LogP contribution in [0.5, 0.6) is 17.2 Å². The Hall–Kier alpha value is -3.22. The summed E-state index contributed by atoms with van der Waals surface area (Å²) in [5.41, 5.74) is 1.29. The molecule has 2 aromatic rings. The average Bonchev–Trinajstić information content (AvgIpc) is 3.60. The van der Waals surface area contributed by atoms with E-state index in [0.29, 0.717) is 23.6 Å². The molecule has 1 aliphatic carbocycles. The third-order valence-electron chi connectivity index (χ3n) is 4.77. The molecule has 0 N–H and O–H groups in total. The summed E-state index contributed by atoms with van der Waals surface area (Å²) in [6.07, 6.45) is 1.93. The number of benzene rings is 2. The maximum absolute atomic E-state index is 12.7. The van der Waals surface area contributed by atoms with E-state index < -0.39 is 5.97 Å². The third kappa shape index (κ3) is 5.19. The highest BCUT2D eigenvalue weighted by atomic mass is 16.5. The van der Waals surface area contributed by atoms with Gasteiger partial charge in [0.1, 0.15) is 5.75 Å². The summed E-state index contributed by atoms with van der Waals surface area (Å²) in [6.45, 7) is 0.168. The van der Waals surface area contributed by atoms with Crippen LogP contribution in [0.3, 0.4) is 0 Å². The summed E-state index contributed by atoms with van der Waals surface area (Å²) in [5.74, 6) is 0.908. The number of carbonyl (C=O) groups is 2. The van der Waals surface area contributed by atoms with E-state index in [1.54, 1.807) is 24.1 Å². The van der Waals surface area contributed by atoms with Crippen molar-refractivity contribution in [2.75, 3.05) is 27.9 Å². The number of nitrogens with zero attached hydrogens (tertiary/aromatic N) is 1. The Morgan fingerprint density at radius 1 is 0.931 bits per heavy atom. The van der Waals surface area contributed by atoms with Crippen molar-refractivity contribution in [2.24, 2.45) is 0 Å². The van der Waals surface area contributed by atoms with Crippen LogP contribution in [-0.2, 0) is 16.1 Å². The summed E-state index contributed by atoms with van der Waals surface area (Å²) in [7, 11) is 4.62. The van der Waals surface area contributed by atoms with Crippen molar-refractivity contribution in [3.05, 3.63) is 53.6 Å². The molecule has 3 rings (SSSR count). The van der Waals surface area contributed by atoms with Gasteiger partial charge in [-0.3, -0.25) is 4.79 Å². The molecular formula is C22H25NO6. The SMILES string of the molecule is COc1ccc(CN(C(=O)COC(=O)c2ccc(OC)c(OC)c2)C2CC2)cc1. The number of amides is 1. The average molecular weight is 399 g/mol. The molecule has 1 amide bonds. The second-order valence-corrected chi connectivity index (χ2v) is 6.75. The minimum absolute atomic E-state index is 0.199. The predicted molar refractivity (Wildman–Crippen MR) is 106 cm³/mol. The molecule has 1 aliphatic rings. The summed E-state index contributed by atoms with van der Waals surface area (Å²) in [6, 6.07) is 12.5. The number of rotatable bonds is 9. The third-order valence-corrected chi connectivity index (χ3v) is 4.77. The lowest BCUT2D eigenvalue weighted by Gasteiger charge is -2.22. The van der Waals surface area contributed by atoms with Crippen LogP contribution in [0.25, 0.3) is 0 Å². The molecule has 1 saturated carbocycles. The minimum atomic E-state index is -0.584. The first-order valence-electron chi connectivity index (χ1n) is 9.37. The van der Waals surface area contributed by atoms with Gasteiger partial charge in [-0.2, -0.15) is 0 Å². The van der Waals surface area contributed by atoms with Gasteiger partial charge in [0, 0.05) is 12.6 Å². The van der Waals surface area contributed by atoms with E-state index in [2.05, 4.69) is 0 Å². The van der Waals surface area contributed by atoms with Gasteiger partial charge >= 0.3 is 5.97 Å². The fraction of sp³-hybridized carbons (Fsp3) is 0.364. The minimum Gasteiger partial charge on any atom is -0.497 e. The molecule has 0 unspecified atom stereocenters. The highest BCUT2D eigenvalue weighted by Crippen LogP contribution is 2.30. The van der Waals surface area contributed by atoms with Gasteiger partial charge in [0.25, 0.3) is 5.91 Å². The Kier molecular flexibility index (Phi) is 6.59. The van der Waals surface area contributed by atoms with Gasteiger partial charge in [-0.05, 0) is 48.7 Å². The fourth-order valence-corrected chi connectivity index (χ4v) is 2.99. The first kappa shape index (κ1) is 20.5. The van der Waals surface area contributed by atoms with Crippen LogP contribution in [0, 0.1) is 0 Å². The lowest BCUT2D eigenvalue weighted by Crippen LogP contribution is -2.36. The van der Waals surface area contributed by atoms with Gasteiger partial charge in [-0.15, -0.1) is 0 Å². The smallest absolute Gasteiger partial charge is 0.338 e. The Balaban J connectivity index is 1.60. The molecule has 0 aromatic heterocycles. The molecule has 1 fully saturated rings. The molecule has 0 atom stereocenters. The zero-order valence-corrected chi connectivity index (χ0v) is 16.8. The van der Waals surface area contributed by atoms with Crippen molar-refractivity contribution in [3.63, 3.8) is 0 Å². The maximum atomic E-state index is 12.7. The molecule has 0 aliphatic heterocycles. The van der Waals surface area contributed by atoms with Crippen molar-refractivity contribution in [1.82, 2.24) is 4.90 Å². The van der Waals surface area contributed by atoms with Crippen LogP contribution < -0.4 is 14.2 Å². The number of carbonyl (C=O) groups excluding carboxylic acids is 2. The summed E-state index contributed by atoms with van der Waals surface area (Å²) < 4.78 is 20.8. The number of esters is 1. The number of ether oxygens (including phenoxy) is 4. The standard InChI is InChI=1S/C22H25NO6/c1-26-18-9-4-15(5-10-18)13-23(17-7-8-17)21(24)14-29-22(25)16-6-11-19(27-2)20(12-16)28-3/h4-6,9-12,17H,7-8,13-14H2,1-3H3. The van der Waals surface area contributed by atoms with E-state index in [1.165, 1.54) is 20.3 Å². The maximum Gasteiger partial charge on any atom is 0.338 e. The van der Waals surface area contributed by atoms with Gasteiger partial charge in [0.05, 0.1) is 26.9 Å². The van der Waals surface area contributed by atoms with E-state index in [-0.39, 0.29) is 18.6 Å². The van der Waals surface area contributed by atoms with E-state index in [1.807, 2.05) is 24.3 Å². The lowest BCUT2D eigenvalue weighted by atomic mass is 10.2. The number of methoxy groups -OCH3 is 3. The van der Waals surface area contributed by atoms with Crippen molar-refractivity contribution in [1.29, 1.82) is 0 Å². The summed E-state index contributed by atoms with van der Waals surface area (Å²) in [5, 5.41) is 0. The highest BCUT2D eigenvalue weighted by Gasteiger charge is 2.33. The van der Waals surface area contributed by atoms with E-state index in [4.69, 9.17) is 18.9 Å². The summed E-state index contributed by atoms with van der Waals surface area (Å²) >= 11 is 0. The lowest BCUT2D eigenvalue weighted by molar-refractivity contribution is -0.135. The van der Waals surface area contributed by atoms with Crippen LogP contribution in [0.15, 0.2) is 42.5 Å². The van der Waals surface area contributed by atoms with Crippen LogP contribution in [0.1, 0.15) is 28.8 Å². The van der Waals surface area contributed by atoms with Gasteiger partial charge in [-0.1, -0.05) is 12.1 Å². The second kappa shape index (κ2) is 9.32. The molecule has 7 heteroatoms. The zero-order chi connectivity index (χ0) is 20.8. The van der Waals surface area contributed by atoms with Gasteiger partial charge in [0.2, 0.25) is 0 Å². The Labute approximate surface area is 170 Å². The van der Waals surface area contributed by atoms with E-state index in [9.17, 15) is 9.59 Å². The van der Waals surface area contributed by atoms with Crippen LogP contribution in [0.2, 0.25) is 0 Å². The molecule has 2 aromatic carbocycles. The molecule has 0 heterocycles. The zero-order valence-electron chi connectivity index (χ0n) is 16.8. The quantitative estimate of drug-likeness (QED) is 0.604. The van der Waals surface area contributed by atoms with Crippen LogP contribution in [-0.4, -0.2) is 50.8 Å². The number of hydrogen-bond acceptors (Lipinski definition) is 6. The summed E-state index contributed by atoms with van der Waals surface area (Å²) in [4.78, 5) is 26.8. The second-order valence-electron chi connectivity index (χ2n) is 6.75. The van der Waals surface area contributed by atoms with Crippen molar-refractivity contribution in [3.8, 4) is 17.2 Å². The Morgan fingerprint density at radius 2 is 1.62 bits per heavy atom. The molecular weight excluding hydrogens is 374 g/mol. The Morgan fingerprint density at radius 3 is 2.21 bits per heavy atom. The number of hydrogen-bond donors (Lipinski definition) is 0. The highest BCUT2D eigenvalue weighted by molar-refractivity contribution is 5.92. The van der Waals surface area contributed by atoms with Gasteiger partial charge in [-0.25, -0.2) is 4.79 Å². The molecule has 0 spiro atoms. The molecule has 0 bridgehead atoms. The van der Waals surface area contributed by atoms with Crippen LogP contribution in [0.4, 0.5) is 0 Å². The largest absolute Gasteiger partial charge is 0.497 e. The molecule has 0 saturated heterocycles. The Bertz CT molecular complexity index is 860. The van der Waals surface area contributed by atoms with Crippen molar-refractivity contribution in [2.45, 2.75) is 25.4 Å². The predicted octanol–water partition coefficient (Wildman–Crippen LogP) is 3.06. The van der Waals surface area contributed by atoms with Crippen molar-refractivity contribution < 1.29 is 28.5 Å². The van der Waals surface area contributed by atoms with Crippen molar-refractivity contribution >= 4 is 11.9 Å². The van der Waals surface area contributed by atoms with E-state index in [0.717, 1.165) is 24.2 Å². The molecule has 7 nitrogen and oxygen atoms in total. The van der Waals surface area contributed by atoms with Crippen LogP contribution >= 0.6 is 0 Å². The monoisotopic (exact) mass is 399 g/mol. The molecule has 0 radical (unpaired) electrons. The van der Waals surface area contributed by atoms with E-state index >= 15 is 0 Å². The molecule has 29 heavy (non-hydrogen) atoms.